The zero-order chi connectivity index (χ0) is 18.2. The molecule has 0 saturated carbocycles. The smallest absolute Gasteiger partial charge is 0.347 e. The van der Waals surface area contributed by atoms with Gasteiger partial charge in [-0.3, -0.25) is 4.79 Å². The predicted molar refractivity (Wildman–Crippen MR) is 97.4 cm³/mol. The van der Waals surface area contributed by atoms with E-state index < -0.39 is 11.6 Å². The van der Waals surface area contributed by atoms with Gasteiger partial charge in [-0.25, -0.2) is 4.79 Å². The Morgan fingerprint density at radius 1 is 1.24 bits per heavy atom. The van der Waals surface area contributed by atoms with Gasteiger partial charge in [-0.15, -0.1) is 0 Å². The van der Waals surface area contributed by atoms with Crippen LogP contribution in [0.15, 0.2) is 29.1 Å². The molecular formula is C16H20ClN5O3. The van der Waals surface area contributed by atoms with Crippen molar-refractivity contribution in [3.63, 3.8) is 0 Å². The zero-order valence-electron chi connectivity index (χ0n) is 13.7. The maximum atomic E-state index is 12.6. The van der Waals surface area contributed by atoms with E-state index in [0.29, 0.717) is 36.0 Å². The molecule has 9 heteroatoms. The summed E-state index contributed by atoms with van der Waals surface area (Å²) in [6.45, 7) is 3.13. The molecule has 0 saturated heterocycles. The van der Waals surface area contributed by atoms with E-state index in [1.165, 1.54) is 0 Å². The second-order valence-corrected chi connectivity index (χ2v) is 5.69. The minimum Gasteiger partial charge on any atom is -0.395 e. The molecule has 1 heterocycles. The van der Waals surface area contributed by atoms with E-state index in [-0.39, 0.29) is 18.0 Å². The molecule has 5 N–H and O–H groups in total. The number of carbonyl (C=O) groups is 1. The van der Waals surface area contributed by atoms with Crippen molar-refractivity contribution in [2.45, 2.75) is 6.92 Å². The quantitative estimate of drug-likeness (QED) is 0.445. The number of aliphatic hydroxyl groups is 1. The van der Waals surface area contributed by atoms with Crippen molar-refractivity contribution in [2.24, 2.45) is 0 Å². The van der Waals surface area contributed by atoms with E-state index in [1.54, 1.807) is 31.2 Å². The van der Waals surface area contributed by atoms with Crippen LogP contribution in [0.1, 0.15) is 16.1 Å². The summed E-state index contributed by atoms with van der Waals surface area (Å²) >= 11 is 5.83. The van der Waals surface area contributed by atoms with Gasteiger partial charge in [-0.2, -0.15) is 4.98 Å². The van der Waals surface area contributed by atoms with Crippen LogP contribution in [0.4, 0.5) is 11.5 Å². The van der Waals surface area contributed by atoms with Gasteiger partial charge in [0, 0.05) is 36.0 Å². The molecule has 2 rings (SSSR count). The summed E-state index contributed by atoms with van der Waals surface area (Å²) in [5, 5.41) is 18.0. The number of rotatable bonds is 8. The molecular weight excluding hydrogens is 346 g/mol. The molecule has 0 aliphatic carbocycles. The lowest BCUT2D eigenvalue weighted by Crippen LogP contribution is -2.28. The van der Waals surface area contributed by atoms with Gasteiger partial charge >= 0.3 is 5.69 Å². The molecule has 0 spiro atoms. The van der Waals surface area contributed by atoms with Crippen molar-refractivity contribution in [3.8, 4) is 0 Å². The predicted octanol–water partition coefficient (Wildman–Crippen LogP) is 0.978. The number of nitrogens with zero attached hydrogens (tertiary/aromatic N) is 1. The number of aromatic nitrogens is 2. The summed E-state index contributed by atoms with van der Waals surface area (Å²) in [5.41, 5.74) is 0.718. The molecule has 0 fully saturated rings. The maximum absolute atomic E-state index is 12.6. The molecule has 0 radical (unpaired) electrons. The Kier molecular flexibility index (Phi) is 6.93. The molecule has 0 bridgehead atoms. The van der Waals surface area contributed by atoms with Crippen molar-refractivity contribution in [1.82, 2.24) is 15.3 Å². The normalized spacial score (nSPS) is 10.5. The van der Waals surface area contributed by atoms with Gasteiger partial charge in [0.15, 0.2) is 0 Å². The molecule has 25 heavy (non-hydrogen) atoms. The van der Waals surface area contributed by atoms with Gasteiger partial charge in [0.25, 0.3) is 5.91 Å². The minimum absolute atomic E-state index is 0.0388. The Hall–Kier alpha value is -2.42. The van der Waals surface area contributed by atoms with Gasteiger partial charge in [-0.1, -0.05) is 11.6 Å². The minimum atomic E-state index is -0.536. The Balaban J connectivity index is 2.15. The average Bonchev–Trinajstić information content (AvgIpc) is 2.56. The van der Waals surface area contributed by atoms with Crippen molar-refractivity contribution < 1.29 is 9.90 Å². The monoisotopic (exact) mass is 365 g/mol. The number of H-pyrrole nitrogens is 1. The standard InChI is InChI=1S/C16H20ClN5O3/c1-10-13(15(24)21-12-4-2-11(17)3-5-12)14(22-16(25)20-10)19-7-6-18-8-9-23/h2-5,18,23H,6-9H2,1H3,(H,21,24)(H2,19,20,22,25). The first-order valence-corrected chi connectivity index (χ1v) is 8.12. The van der Waals surface area contributed by atoms with E-state index in [0.717, 1.165) is 0 Å². The van der Waals surface area contributed by atoms with Crippen LogP contribution < -0.4 is 21.6 Å². The first kappa shape index (κ1) is 18.9. The third kappa shape index (κ3) is 5.56. The summed E-state index contributed by atoms with van der Waals surface area (Å²) in [4.78, 5) is 30.6. The Labute approximate surface area is 149 Å². The lowest BCUT2D eigenvalue weighted by Gasteiger charge is -2.13. The molecule has 0 unspecified atom stereocenters. The number of amides is 1. The topological polar surface area (TPSA) is 119 Å². The van der Waals surface area contributed by atoms with Crippen LogP contribution in [0.2, 0.25) is 5.02 Å². The van der Waals surface area contributed by atoms with E-state index >= 15 is 0 Å². The van der Waals surface area contributed by atoms with Crippen LogP contribution >= 0.6 is 11.6 Å². The molecule has 1 aromatic carbocycles. The molecule has 2 aromatic rings. The number of benzene rings is 1. The Bertz CT molecular complexity index is 776. The van der Waals surface area contributed by atoms with E-state index in [2.05, 4.69) is 25.9 Å². The van der Waals surface area contributed by atoms with E-state index in [4.69, 9.17) is 16.7 Å². The van der Waals surface area contributed by atoms with Gasteiger partial charge < -0.3 is 26.0 Å². The van der Waals surface area contributed by atoms with Crippen LogP contribution in [0.25, 0.3) is 0 Å². The van der Waals surface area contributed by atoms with Gasteiger partial charge in [-0.05, 0) is 31.2 Å². The summed E-state index contributed by atoms with van der Waals surface area (Å²) in [7, 11) is 0. The third-order valence-corrected chi connectivity index (χ3v) is 3.58. The van der Waals surface area contributed by atoms with Gasteiger partial charge in [0.1, 0.15) is 11.4 Å². The first-order chi connectivity index (χ1) is 12.0. The molecule has 0 atom stereocenters. The highest BCUT2D eigenvalue weighted by Gasteiger charge is 2.17. The van der Waals surface area contributed by atoms with Crippen LogP contribution in [0.3, 0.4) is 0 Å². The van der Waals surface area contributed by atoms with Crippen molar-refractivity contribution >= 4 is 29.0 Å². The fraction of sp³-hybridized carbons (Fsp3) is 0.312. The number of aromatic amines is 1. The molecule has 134 valence electrons. The van der Waals surface area contributed by atoms with Gasteiger partial charge in [0.2, 0.25) is 0 Å². The summed E-state index contributed by atoms with van der Waals surface area (Å²) in [6.07, 6.45) is 0. The average molecular weight is 366 g/mol. The molecule has 0 aliphatic rings. The SMILES string of the molecule is Cc1[nH]c(=O)nc(NCCNCCO)c1C(=O)Nc1ccc(Cl)cc1. The first-order valence-electron chi connectivity index (χ1n) is 7.74. The number of aliphatic hydroxyl groups excluding tert-OH is 1. The summed E-state index contributed by atoms with van der Waals surface area (Å²) in [5.74, 6) is -0.187. The van der Waals surface area contributed by atoms with Gasteiger partial charge in [0.05, 0.1) is 6.61 Å². The van der Waals surface area contributed by atoms with Crippen LogP contribution in [-0.2, 0) is 0 Å². The Morgan fingerprint density at radius 3 is 2.64 bits per heavy atom. The number of hydrogen-bond acceptors (Lipinski definition) is 6. The van der Waals surface area contributed by atoms with Crippen molar-refractivity contribution in [3.05, 3.63) is 51.0 Å². The van der Waals surface area contributed by atoms with Crippen LogP contribution in [-0.4, -0.2) is 47.2 Å². The molecule has 1 aromatic heterocycles. The number of nitrogens with one attached hydrogen (secondary N) is 4. The summed E-state index contributed by atoms with van der Waals surface area (Å²) < 4.78 is 0. The number of halogens is 1. The second kappa shape index (κ2) is 9.16. The number of hydrogen-bond donors (Lipinski definition) is 5. The molecule has 8 nitrogen and oxygen atoms in total. The molecule has 1 amide bonds. The highest BCUT2D eigenvalue weighted by molar-refractivity contribution is 6.30. The lowest BCUT2D eigenvalue weighted by molar-refractivity contribution is 0.102. The highest BCUT2D eigenvalue weighted by atomic mass is 35.5. The highest BCUT2D eigenvalue weighted by Crippen LogP contribution is 2.18. The van der Waals surface area contributed by atoms with E-state index in [9.17, 15) is 9.59 Å². The van der Waals surface area contributed by atoms with Crippen molar-refractivity contribution in [2.75, 3.05) is 36.9 Å². The number of aryl methyl sites for hydroxylation is 1. The largest absolute Gasteiger partial charge is 0.395 e. The fourth-order valence-electron chi connectivity index (χ4n) is 2.19. The number of carbonyl (C=O) groups excluding carboxylic acids is 1. The van der Waals surface area contributed by atoms with E-state index in [1.807, 2.05) is 0 Å². The maximum Gasteiger partial charge on any atom is 0.347 e. The van der Waals surface area contributed by atoms with Crippen LogP contribution in [0.5, 0.6) is 0 Å². The Morgan fingerprint density at radius 2 is 1.96 bits per heavy atom. The lowest BCUT2D eigenvalue weighted by atomic mass is 10.2. The zero-order valence-corrected chi connectivity index (χ0v) is 14.5. The summed E-state index contributed by atoms with van der Waals surface area (Å²) in [6, 6.07) is 6.70. The fourth-order valence-corrected chi connectivity index (χ4v) is 2.32. The van der Waals surface area contributed by atoms with Crippen LogP contribution in [0, 0.1) is 6.92 Å². The van der Waals surface area contributed by atoms with Crippen molar-refractivity contribution in [1.29, 1.82) is 0 Å². The third-order valence-electron chi connectivity index (χ3n) is 3.33. The number of anilines is 2. The second-order valence-electron chi connectivity index (χ2n) is 5.25. The molecule has 0 aliphatic heterocycles.